The molecule has 11 nitrogen and oxygen atoms in total. The van der Waals surface area contributed by atoms with Gasteiger partial charge in [0.15, 0.2) is 6.10 Å². The van der Waals surface area contributed by atoms with E-state index in [0.29, 0.717) is 5.56 Å². The smallest absolute Gasteiger partial charge is 0.378 e. The number of benzene rings is 2. The zero-order chi connectivity index (χ0) is 28.4. The predicted molar refractivity (Wildman–Crippen MR) is 133 cm³/mol. The molecule has 0 radical (unpaired) electrons. The van der Waals surface area contributed by atoms with Crippen LogP contribution in [0, 0.1) is 0 Å². The van der Waals surface area contributed by atoms with Crippen molar-refractivity contribution >= 4 is 11.8 Å². The van der Waals surface area contributed by atoms with E-state index in [1.807, 2.05) is 11.9 Å². The zero-order valence-corrected chi connectivity index (χ0v) is 21.0. The fourth-order valence-corrected chi connectivity index (χ4v) is 4.22. The molecule has 1 aliphatic heterocycles. The van der Waals surface area contributed by atoms with Crippen molar-refractivity contribution < 1.29 is 36.9 Å². The molecular formula is C26H23F3N6O5. The van der Waals surface area contributed by atoms with Gasteiger partial charge in [0.05, 0.1) is 12.6 Å². The van der Waals surface area contributed by atoms with Crippen LogP contribution in [0.15, 0.2) is 63.6 Å². The number of likely N-dealkylation sites (N-methyl/N-ethyl adjacent to an activating group) is 1. The fraction of sp³-hybridized carbons (Fsp3) is 0.269. The van der Waals surface area contributed by atoms with E-state index in [9.17, 15) is 27.9 Å². The largest absolute Gasteiger partial charge is 0.422 e. The molecular weight excluding hydrogens is 533 g/mol. The van der Waals surface area contributed by atoms with Gasteiger partial charge in [0.25, 0.3) is 11.8 Å². The highest BCUT2D eigenvalue weighted by Gasteiger charge is 2.43. The molecule has 4 aromatic rings. The Morgan fingerprint density at radius 2 is 1.75 bits per heavy atom. The minimum absolute atomic E-state index is 0.0348. The summed E-state index contributed by atoms with van der Waals surface area (Å²) in [6.07, 6.45) is -6.38. The molecule has 14 heteroatoms. The van der Waals surface area contributed by atoms with E-state index in [1.54, 1.807) is 18.2 Å². The topological polar surface area (TPSA) is 147 Å². The van der Waals surface area contributed by atoms with Gasteiger partial charge < -0.3 is 29.7 Å². The molecule has 3 heterocycles. The molecule has 0 bridgehead atoms. The number of halogens is 3. The standard InChI is InChI=1S/C26H23F3N6O5/c1-35-12-17(13-35)31-18(36)11-30-24(38)21(37)15-7-9-16(10-8-15)23-32-25(40-34-23)22-19(26(27,28)29)20(33-39-22)14-5-3-2-4-6-14/h2-10,17,21,37H,11-13H2,1H3,(H,30,38)(H,31,36)/t21-/m1/s1. The molecule has 40 heavy (non-hydrogen) atoms. The number of rotatable bonds is 8. The summed E-state index contributed by atoms with van der Waals surface area (Å²) in [5.41, 5.74) is -0.796. The van der Waals surface area contributed by atoms with Gasteiger partial charge in [0.2, 0.25) is 17.5 Å². The molecule has 1 fully saturated rings. The summed E-state index contributed by atoms with van der Waals surface area (Å²) in [4.78, 5) is 30.3. The molecule has 0 saturated carbocycles. The Balaban J connectivity index is 1.27. The lowest BCUT2D eigenvalue weighted by Gasteiger charge is -2.36. The van der Waals surface area contributed by atoms with E-state index in [4.69, 9.17) is 9.05 Å². The number of aliphatic hydroxyl groups excluding tert-OH is 1. The van der Waals surface area contributed by atoms with Crippen molar-refractivity contribution in [3.05, 3.63) is 65.7 Å². The quantitative estimate of drug-likeness (QED) is 0.298. The molecule has 1 atom stereocenters. The van der Waals surface area contributed by atoms with Gasteiger partial charge in [-0.2, -0.15) is 18.2 Å². The third kappa shape index (κ3) is 5.72. The number of carbonyl (C=O) groups excluding carboxylic acids is 2. The van der Waals surface area contributed by atoms with Crippen LogP contribution in [-0.2, 0) is 15.8 Å². The fourth-order valence-electron chi connectivity index (χ4n) is 4.22. The molecule has 3 N–H and O–H groups in total. The van der Waals surface area contributed by atoms with Crippen molar-refractivity contribution in [3.63, 3.8) is 0 Å². The summed E-state index contributed by atoms with van der Waals surface area (Å²) >= 11 is 0. The van der Waals surface area contributed by atoms with Gasteiger partial charge >= 0.3 is 6.18 Å². The van der Waals surface area contributed by atoms with E-state index in [1.165, 1.54) is 36.4 Å². The first-order valence-electron chi connectivity index (χ1n) is 12.1. The lowest BCUT2D eigenvalue weighted by atomic mass is 10.1. The maximum absolute atomic E-state index is 13.9. The van der Waals surface area contributed by atoms with E-state index in [0.717, 1.165) is 13.1 Å². The molecule has 5 rings (SSSR count). The first kappa shape index (κ1) is 27.0. The summed E-state index contributed by atoms with van der Waals surface area (Å²) in [5, 5.41) is 22.8. The summed E-state index contributed by atoms with van der Waals surface area (Å²) in [7, 11) is 1.92. The molecule has 1 saturated heterocycles. The number of nitrogens with one attached hydrogen (secondary N) is 2. The number of aliphatic hydroxyl groups is 1. The third-order valence-corrected chi connectivity index (χ3v) is 6.23. The Bertz CT molecular complexity index is 1500. The van der Waals surface area contributed by atoms with Crippen molar-refractivity contribution in [3.8, 4) is 34.3 Å². The van der Waals surface area contributed by atoms with Crippen LogP contribution >= 0.6 is 0 Å². The SMILES string of the molecule is CN1CC(NC(=O)CNC(=O)[C@H](O)c2ccc(-c3noc(-c4onc(-c5ccccc5)c4C(F)(F)F)n3)cc2)C1. The van der Waals surface area contributed by atoms with E-state index in [2.05, 4.69) is 25.9 Å². The second kappa shape index (κ2) is 10.9. The summed E-state index contributed by atoms with van der Waals surface area (Å²) < 4.78 is 51.9. The second-order valence-corrected chi connectivity index (χ2v) is 9.25. The number of nitrogens with zero attached hydrogens (tertiary/aromatic N) is 4. The first-order valence-corrected chi connectivity index (χ1v) is 12.1. The molecule has 0 unspecified atom stereocenters. The molecule has 2 aromatic heterocycles. The Morgan fingerprint density at radius 1 is 1.05 bits per heavy atom. The van der Waals surface area contributed by atoms with Crippen LogP contribution in [0.1, 0.15) is 17.2 Å². The van der Waals surface area contributed by atoms with Gasteiger partial charge in [-0.1, -0.05) is 64.9 Å². The number of hydrogen-bond acceptors (Lipinski definition) is 9. The summed E-state index contributed by atoms with van der Waals surface area (Å²) in [6.45, 7) is 1.17. The molecule has 2 amide bonds. The molecule has 2 aromatic carbocycles. The highest BCUT2D eigenvalue weighted by molar-refractivity contribution is 5.87. The van der Waals surface area contributed by atoms with E-state index < -0.39 is 41.1 Å². The number of hydrogen-bond donors (Lipinski definition) is 3. The lowest BCUT2D eigenvalue weighted by molar-refractivity contribution is -0.137. The maximum Gasteiger partial charge on any atom is 0.422 e. The third-order valence-electron chi connectivity index (χ3n) is 6.23. The van der Waals surface area contributed by atoms with Gasteiger partial charge in [0, 0.05) is 24.2 Å². The van der Waals surface area contributed by atoms with Crippen LogP contribution in [0.4, 0.5) is 13.2 Å². The Labute approximate surface area is 225 Å². The average Bonchev–Trinajstić information content (AvgIpc) is 3.59. The molecule has 0 spiro atoms. The van der Waals surface area contributed by atoms with Crippen LogP contribution < -0.4 is 10.6 Å². The van der Waals surface area contributed by atoms with Gasteiger partial charge in [-0.05, 0) is 12.6 Å². The van der Waals surface area contributed by atoms with Crippen molar-refractivity contribution in [2.24, 2.45) is 0 Å². The average molecular weight is 557 g/mol. The molecule has 208 valence electrons. The van der Waals surface area contributed by atoms with Gasteiger partial charge in [-0.15, -0.1) is 0 Å². The Morgan fingerprint density at radius 3 is 2.40 bits per heavy atom. The maximum atomic E-state index is 13.9. The van der Waals surface area contributed by atoms with Crippen LogP contribution in [0.5, 0.6) is 0 Å². The van der Waals surface area contributed by atoms with Gasteiger partial charge in [-0.3, -0.25) is 9.59 Å². The molecule has 1 aliphatic rings. The number of alkyl halides is 3. The minimum atomic E-state index is -4.82. The van der Waals surface area contributed by atoms with Crippen LogP contribution in [0.25, 0.3) is 34.3 Å². The number of aromatic nitrogens is 3. The van der Waals surface area contributed by atoms with Crippen molar-refractivity contribution in [1.82, 2.24) is 30.8 Å². The number of likely N-dealkylation sites (tertiary alicyclic amines) is 1. The second-order valence-electron chi connectivity index (χ2n) is 9.25. The van der Waals surface area contributed by atoms with Crippen LogP contribution in [-0.4, -0.2) is 69.8 Å². The van der Waals surface area contributed by atoms with Gasteiger partial charge in [0.1, 0.15) is 11.3 Å². The molecule has 0 aliphatic carbocycles. The Kier molecular flexibility index (Phi) is 7.36. The Hall–Kier alpha value is -4.56. The van der Waals surface area contributed by atoms with Crippen molar-refractivity contribution in [1.29, 1.82) is 0 Å². The first-order chi connectivity index (χ1) is 19.1. The monoisotopic (exact) mass is 556 g/mol. The van der Waals surface area contributed by atoms with Crippen LogP contribution in [0.3, 0.4) is 0 Å². The summed E-state index contributed by atoms with van der Waals surface area (Å²) in [6, 6.07) is 13.5. The minimum Gasteiger partial charge on any atom is -0.378 e. The van der Waals surface area contributed by atoms with Crippen LogP contribution in [0.2, 0.25) is 0 Å². The van der Waals surface area contributed by atoms with Gasteiger partial charge in [-0.25, -0.2) is 0 Å². The van der Waals surface area contributed by atoms with E-state index >= 15 is 0 Å². The zero-order valence-electron chi connectivity index (χ0n) is 21.0. The highest BCUT2D eigenvalue weighted by atomic mass is 19.4. The lowest BCUT2D eigenvalue weighted by Crippen LogP contribution is -2.58. The van der Waals surface area contributed by atoms with Crippen molar-refractivity contribution in [2.45, 2.75) is 18.3 Å². The van der Waals surface area contributed by atoms with Crippen molar-refractivity contribution in [2.75, 3.05) is 26.7 Å². The predicted octanol–water partition coefficient (Wildman–Crippen LogP) is 2.66. The number of amides is 2. The number of carbonyl (C=O) groups is 2. The summed E-state index contributed by atoms with van der Waals surface area (Å²) in [5.74, 6) is -2.42. The highest BCUT2D eigenvalue weighted by Crippen LogP contribution is 2.43. The van der Waals surface area contributed by atoms with E-state index in [-0.39, 0.29) is 35.4 Å². The normalized spacial score (nSPS) is 14.9.